The van der Waals surface area contributed by atoms with Crippen molar-refractivity contribution in [2.24, 2.45) is 5.92 Å². The average molecular weight is 415 g/mol. The Morgan fingerprint density at radius 2 is 2.00 bits per heavy atom. The number of phenols is 1. The van der Waals surface area contributed by atoms with E-state index in [1.807, 2.05) is 24.3 Å². The van der Waals surface area contributed by atoms with Gasteiger partial charge < -0.3 is 19.4 Å². The van der Waals surface area contributed by atoms with Crippen LogP contribution in [-0.2, 0) is 18.3 Å². The molecule has 1 saturated carbocycles. The fraction of sp³-hybridized carbons (Fsp3) is 0.462. The van der Waals surface area contributed by atoms with Crippen LogP contribution in [0.15, 0.2) is 40.8 Å². The van der Waals surface area contributed by atoms with E-state index in [2.05, 4.69) is 11.0 Å². The number of hydrogen-bond donors (Lipinski definition) is 2. The Morgan fingerprint density at radius 1 is 1.13 bits per heavy atom. The zero-order valence-electron chi connectivity index (χ0n) is 17.3. The van der Waals surface area contributed by atoms with Gasteiger partial charge in [0.15, 0.2) is 17.6 Å². The van der Waals surface area contributed by atoms with Crippen molar-refractivity contribution < 1.29 is 19.4 Å². The molecule has 2 N–H and O–H groups in total. The van der Waals surface area contributed by atoms with Gasteiger partial charge in [0, 0.05) is 35.5 Å². The van der Waals surface area contributed by atoms with E-state index >= 15 is 0 Å². The summed E-state index contributed by atoms with van der Waals surface area (Å²) >= 11 is 0. The minimum Gasteiger partial charge on any atom is -0.504 e. The zero-order valence-corrected chi connectivity index (χ0v) is 17.3. The lowest BCUT2D eigenvalue weighted by atomic mass is 9.49. The van der Waals surface area contributed by atoms with Crippen LogP contribution in [-0.4, -0.2) is 39.8 Å². The van der Waals surface area contributed by atoms with E-state index in [1.165, 1.54) is 18.4 Å². The number of furan rings is 1. The minimum atomic E-state index is -0.948. The third-order valence-corrected chi connectivity index (χ3v) is 8.93. The number of likely N-dealkylation sites (tertiary alicyclic amines) is 1. The molecular formula is C26H25NO4. The summed E-state index contributed by atoms with van der Waals surface area (Å²) in [6.45, 7) is 2.03. The Labute approximate surface area is 180 Å². The molecule has 2 fully saturated rings. The SMILES string of the molecule is Oc1ccc2c3c1O[C@H]1c4oc5ccccc5c4CC4(O)C(C2)N(CC2CC2)CCC314. The van der Waals surface area contributed by atoms with E-state index in [1.54, 1.807) is 6.07 Å². The van der Waals surface area contributed by atoms with E-state index in [4.69, 9.17) is 9.15 Å². The quantitative estimate of drug-likeness (QED) is 0.666. The number of nitrogens with zero attached hydrogens (tertiary/aromatic N) is 1. The standard InChI is InChI=1S/C26H25NO4/c28-18-8-7-15-11-20-26(29)12-17-16-3-1-2-4-19(16)30-22(17)24-25(26,21(15)23(18)31-24)9-10-27(20)13-14-5-6-14/h1-4,7-8,14,20,24,28-29H,5-6,9-13H2/t20?,24-,25?,26?/m0/s1. The molecule has 31 heavy (non-hydrogen) atoms. The van der Waals surface area contributed by atoms with Crippen molar-refractivity contribution in [3.05, 3.63) is 58.8 Å². The predicted molar refractivity (Wildman–Crippen MR) is 114 cm³/mol. The van der Waals surface area contributed by atoms with E-state index in [-0.39, 0.29) is 11.8 Å². The number of rotatable bonds is 2. The molecule has 8 rings (SSSR count). The molecule has 1 saturated heterocycles. The third kappa shape index (κ3) is 1.84. The summed E-state index contributed by atoms with van der Waals surface area (Å²) in [5.41, 5.74) is 2.65. The summed E-state index contributed by atoms with van der Waals surface area (Å²) < 4.78 is 12.9. The van der Waals surface area contributed by atoms with Gasteiger partial charge in [-0.3, -0.25) is 4.90 Å². The second-order valence-electron chi connectivity index (χ2n) is 10.4. The van der Waals surface area contributed by atoms with Crippen LogP contribution in [0.3, 0.4) is 0 Å². The number of para-hydroxylation sites is 1. The molecule has 5 heteroatoms. The smallest absolute Gasteiger partial charge is 0.169 e. The third-order valence-electron chi connectivity index (χ3n) is 8.93. The first-order valence-electron chi connectivity index (χ1n) is 11.6. The minimum absolute atomic E-state index is 0.0535. The van der Waals surface area contributed by atoms with Crippen molar-refractivity contribution >= 4 is 11.0 Å². The first-order valence-corrected chi connectivity index (χ1v) is 11.6. The summed E-state index contributed by atoms with van der Waals surface area (Å²) in [6, 6.07) is 12.0. The second kappa shape index (κ2) is 5.28. The maximum absolute atomic E-state index is 12.7. The lowest BCUT2D eigenvalue weighted by molar-refractivity contribution is -0.175. The monoisotopic (exact) mass is 415 g/mol. The molecule has 5 aliphatic rings. The van der Waals surface area contributed by atoms with Gasteiger partial charge in [-0.05, 0) is 55.8 Å². The maximum atomic E-state index is 12.7. The van der Waals surface area contributed by atoms with E-state index < -0.39 is 17.1 Å². The van der Waals surface area contributed by atoms with Crippen molar-refractivity contribution in [3.63, 3.8) is 0 Å². The molecule has 3 aliphatic carbocycles. The van der Waals surface area contributed by atoms with Crippen molar-refractivity contribution in [1.82, 2.24) is 4.90 Å². The van der Waals surface area contributed by atoms with E-state index in [0.29, 0.717) is 12.2 Å². The number of aromatic hydroxyl groups is 1. The van der Waals surface area contributed by atoms with Crippen molar-refractivity contribution in [3.8, 4) is 11.5 Å². The van der Waals surface area contributed by atoms with Gasteiger partial charge in [-0.25, -0.2) is 0 Å². The topological polar surface area (TPSA) is 66.1 Å². The number of fused-ring (bicyclic) bond motifs is 4. The van der Waals surface area contributed by atoms with E-state index in [9.17, 15) is 10.2 Å². The van der Waals surface area contributed by atoms with Gasteiger partial charge in [-0.1, -0.05) is 24.3 Å². The van der Waals surface area contributed by atoms with Crippen LogP contribution >= 0.6 is 0 Å². The molecule has 5 nitrogen and oxygen atoms in total. The highest BCUT2D eigenvalue weighted by Gasteiger charge is 2.73. The number of ether oxygens (including phenoxy) is 1. The normalized spacial score (nSPS) is 35.0. The highest BCUT2D eigenvalue weighted by atomic mass is 16.5. The van der Waals surface area contributed by atoms with Crippen molar-refractivity contribution in [2.45, 2.75) is 55.3 Å². The first kappa shape index (κ1) is 17.1. The maximum Gasteiger partial charge on any atom is 0.169 e. The Bertz CT molecular complexity index is 1280. The molecule has 0 radical (unpaired) electrons. The Kier molecular flexibility index (Phi) is 2.91. The number of phenolic OH excluding ortho intramolecular Hbond substituents is 1. The molecule has 1 spiro atoms. The lowest BCUT2D eigenvalue weighted by Gasteiger charge is -2.62. The number of hydrogen-bond acceptors (Lipinski definition) is 5. The van der Waals surface area contributed by atoms with Crippen LogP contribution in [0.4, 0.5) is 0 Å². The molecular weight excluding hydrogens is 390 g/mol. The molecule has 2 aromatic carbocycles. The fourth-order valence-corrected chi connectivity index (χ4v) is 7.42. The van der Waals surface area contributed by atoms with Crippen LogP contribution in [0.1, 0.15) is 47.8 Å². The fourth-order valence-electron chi connectivity index (χ4n) is 7.42. The summed E-state index contributed by atoms with van der Waals surface area (Å²) in [7, 11) is 0. The molecule has 158 valence electrons. The van der Waals surface area contributed by atoms with Crippen LogP contribution in [0.5, 0.6) is 11.5 Å². The van der Waals surface area contributed by atoms with Gasteiger partial charge in [0.25, 0.3) is 0 Å². The van der Waals surface area contributed by atoms with Gasteiger partial charge in [0.1, 0.15) is 11.3 Å². The van der Waals surface area contributed by atoms with Gasteiger partial charge in [0.05, 0.1) is 11.0 Å². The Morgan fingerprint density at radius 3 is 2.87 bits per heavy atom. The van der Waals surface area contributed by atoms with Crippen LogP contribution < -0.4 is 4.74 Å². The molecule has 0 amide bonds. The van der Waals surface area contributed by atoms with Crippen molar-refractivity contribution in [1.29, 1.82) is 0 Å². The van der Waals surface area contributed by atoms with Crippen LogP contribution in [0.2, 0.25) is 0 Å². The molecule has 2 aliphatic heterocycles. The van der Waals surface area contributed by atoms with Gasteiger partial charge in [-0.15, -0.1) is 0 Å². The molecule has 1 aromatic heterocycles. The summed E-state index contributed by atoms with van der Waals surface area (Å²) in [4.78, 5) is 2.56. The van der Waals surface area contributed by atoms with Crippen LogP contribution in [0.25, 0.3) is 11.0 Å². The van der Waals surface area contributed by atoms with Crippen LogP contribution in [0, 0.1) is 5.92 Å². The summed E-state index contributed by atoms with van der Waals surface area (Å²) in [5, 5.41) is 24.5. The average Bonchev–Trinajstić information content (AvgIpc) is 3.40. The first-order chi connectivity index (χ1) is 15.1. The molecule has 3 heterocycles. The largest absolute Gasteiger partial charge is 0.504 e. The number of aliphatic hydroxyl groups is 1. The van der Waals surface area contributed by atoms with Gasteiger partial charge in [0.2, 0.25) is 0 Å². The molecule has 3 unspecified atom stereocenters. The van der Waals surface area contributed by atoms with Crippen molar-refractivity contribution in [2.75, 3.05) is 13.1 Å². The number of piperidine rings is 1. The molecule has 3 aromatic rings. The summed E-state index contributed by atoms with van der Waals surface area (Å²) in [5.74, 6) is 2.34. The van der Waals surface area contributed by atoms with Gasteiger partial charge in [-0.2, -0.15) is 0 Å². The van der Waals surface area contributed by atoms with E-state index in [0.717, 1.165) is 59.7 Å². The van der Waals surface area contributed by atoms with Gasteiger partial charge >= 0.3 is 0 Å². The number of benzene rings is 2. The Hall–Kier alpha value is -2.50. The zero-order chi connectivity index (χ0) is 20.5. The highest BCUT2D eigenvalue weighted by Crippen LogP contribution is 2.69. The molecule has 2 bridgehead atoms. The lowest BCUT2D eigenvalue weighted by Crippen LogP contribution is -2.74. The molecule has 4 atom stereocenters. The predicted octanol–water partition coefficient (Wildman–Crippen LogP) is 3.84. The summed E-state index contributed by atoms with van der Waals surface area (Å²) in [6.07, 6.45) is 4.40. The Balaban J connectivity index is 1.43. The highest BCUT2D eigenvalue weighted by molar-refractivity contribution is 5.84. The second-order valence-corrected chi connectivity index (χ2v) is 10.4.